The molecule has 0 aliphatic heterocycles. The molecule has 76 valence electrons. The highest BCUT2D eigenvalue weighted by atomic mass is 35.5. The van der Waals surface area contributed by atoms with Crippen molar-refractivity contribution in [2.45, 2.75) is 25.4 Å². The Kier molecular flexibility index (Phi) is 3.01. The van der Waals surface area contributed by atoms with Crippen LogP contribution in [0.3, 0.4) is 0 Å². The van der Waals surface area contributed by atoms with E-state index in [-0.39, 0.29) is 0 Å². The fourth-order valence-corrected chi connectivity index (χ4v) is 2.18. The van der Waals surface area contributed by atoms with Crippen molar-refractivity contribution in [1.29, 1.82) is 0 Å². The topological polar surface area (TPSA) is 20.2 Å². The van der Waals surface area contributed by atoms with Gasteiger partial charge in [0, 0.05) is 5.56 Å². The van der Waals surface area contributed by atoms with Crippen molar-refractivity contribution in [3.8, 4) is 0 Å². The molecular weight excluding hydrogens is 219 g/mol. The third-order valence-corrected chi connectivity index (χ3v) is 3.73. The maximum absolute atomic E-state index is 10.0. The number of hydrogen-bond acceptors (Lipinski definition) is 1. The molecule has 2 rings (SSSR count). The lowest BCUT2D eigenvalue weighted by Gasteiger charge is -2.31. The summed E-state index contributed by atoms with van der Waals surface area (Å²) in [4.78, 5) is 0. The van der Waals surface area contributed by atoms with Gasteiger partial charge in [-0.25, -0.2) is 0 Å². The fraction of sp³-hybridized carbons (Fsp3) is 0.455. The highest BCUT2D eigenvalue weighted by molar-refractivity contribution is 6.42. The molecule has 1 atom stereocenters. The molecule has 1 nitrogen and oxygen atoms in total. The van der Waals surface area contributed by atoms with Gasteiger partial charge in [-0.1, -0.05) is 41.8 Å². The average Bonchev–Trinajstić information content (AvgIpc) is 2.06. The second kappa shape index (κ2) is 4.09. The van der Waals surface area contributed by atoms with Crippen LogP contribution in [0.15, 0.2) is 18.2 Å². The highest BCUT2D eigenvalue weighted by Gasteiger charge is 2.28. The Morgan fingerprint density at radius 2 is 2.00 bits per heavy atom. The molecule has 0 bridgehead atoms. The second-order valence-electron chi connectivity index (χ2n) is 3.78. The SMILES string of the molecule is OC(c1cccc(Cl)c1Cl)C1CCC1. The molecule has 14 heavy (non-hydrogen) atoms. The molecule has 0 radical (unpaired) electrons. The summed E-state index contributed by atoms with van der Waals surface area (Å²) in [6.07, 6.45) is 2.93. The van der Waals surface area contributed by atoms with E-state index in [0.717, 1.165) is 18.4 Å². The molecule has 0 aromatic heterocycles. The Morgan fingerprint density at radius 1 is 1.29 bits per heavy atom. The third kappa shape index (κ3) is 1.77. The summed E-state index contributed by atoms with van der Waals surface area (Å²) < 4.78 is 0. The van der Waals surface area contributed by atoms with E-state index >= 15 is 0 Å². The van der Waals surface area contributed by atoms with Crippen molar-refractivity contribution in [3.63, 3.8) is 0 Å². The number of hydrogen-bond donors (Lipinski definition) is 1. The molecule has 1 N–H and O–H groups in total. The van der Waals surface area contributed by atoms with E-state index in [9.17, 15) is 5.11 Å². The third-order valence-electron chi connectivity index (χ3n) is 2.90. The normalized spacial score (nSPS) is 19.1. The van der Waals surface area contributed by atoms with Crippen LogP contribution in [-0.4, -0.2) is 5.11 Å². The Bertz CT molecular complexity index is 334. The minimum atomic E-state index is -0.449. The number of aliphatic hydroxyl groups is 1. The van der Waals surface area contributed by atoms with Crippen LogP contribution in [0.1, 0.15) is 30.9 Å². The zero-order valence-electron chi connectivity index (χ0n) is 7.71. The van der Waals surface area contributed by atoms with E-state index in [4.69, 9.17) is 23.2 Å². The lowest BCUT2D eigenvalue weighted by Crippen LogP contribution is -2.20. The van der Waals surface area contributed by atoms with E-state index in [0.29, 0.717) is 16.0 Å². The molecule has 1 aliphatic rings. The van der Waals surface area contributed by atoms with Gasteiger partial charge in [-0.05, 0) is 24.8 Å². The van der Waals surface area contributed by atoms with Crippen LogP contribution in [0.25, 0.3) is 0 Å². The van der Waals surface area contributed by atoms with Gasteiger partial charge in [0.05, 0.1) is 16.1 Å². The first-order valence-corrected chi connectivity index (χ1v) is 5.57. The lowest BCUT2D eigenvalue weighted by atomic mass is 9.79. The minimum Gasteiger partial charge on any atom is -0.388 e. The summed E-state index contributed by atoms with van der Waals surface area (Å²) in [5.41, 5.74) is 0.767. The van der Waals surface area contributed by atoms with E-state index in [1.165, 1.54) is 6.42 Å². The van der Waals surface area contributed by atoms with E-state index < -0.39 is 6.10 Å². The smallest absolute Gasteiger partial charge is 0.0833 e. The Morgan fingerprint density at radius 3 is 2.57 bits per heavy atom. The second-order valence-corrected chi connectivity index (χ2v) is 4.56. The Balaban J connectivity index is 2.26. The molecular formula is C11H12Cl2O. The van der Waals surface area contributed by atoms with Crippen LogP contribution in [0.4, 0.5) is 0 Å². The van der Waals surface area contributed by atoms with Crippen LogP contribution >= 0.6 is 23.2 Å². The number of halogens is 2. The van der Waals surface area contributed by atoms with Crippen molar-refractivity contribution >= 4 is 23.2 Å². The number of benzene rings is 1. The summed E-state index contributed by atoms with van der Waals surface area (Å²) in [7, 11) is 0. The molecule has 1 unspecified atom stereocenters. The van der Waals surface area contributed by atoms with E-state index in [2.05, 4.69) is 0 Å². The first-order chi connectivity index (χ1) is 6.70. The summed E-state index contributed by atoms with van der Waals surface area (Å²) in [5, 5.41) is 11.0. The van der Waals surface area contributed by atoms with E-state index in [1.807, 2.05) is 12.1 Å². The molecule has 1 fully saturated rings. The van der Waals surface area contributed by atoms with Crippen LogP contribution in [0, 0.1) is 5.92 Å². The van der Waals surface area contributed by atoms with Gasteiger partial charge in [-0.15, -0.1) is 0 Å². The summed E-state index contributed by atoms with van der Waals surface area (Å²) in [6.45, 7) is 0. The molecule has 0 spiro atoms. The van der Waals surface area contributed by atoms with Gasteiger partial charge in [-0.3, -0.25) is 0 Å². The van der Waals surface area contributed by atoms with Crippen LogP contribution < -0.4 is 0 Å². The Labute approximate surface area is 93.7 Å². The first kappa shape index (κ1) is 10.3. The number of rotatable bonds is 2. The molecule has 0 saturated heterocycles. The maximum Gasteiger partial charge on any atom is 0.0833 e. The molecule has 0 heterocycles. The molecule has 0 amide bonds. The molecule has 1 saturated carbocycles. The van der Waals surface area contributed by atoms with Gasteiger partial charge in [0.1, 0.15) is 0 Å². The maximum atomic E-state index is 10.0. The van der Waals surface area contributed by atoms with Crippen molar-refractivity contribution in [2.75, 3.05) is 0 Å². The minimum absolute atomic E-state index is 0.367. The van der Waals surface area contributed by atoms with Crippen molar-refractivity contribution < 1.29 is 5.11 Å². The van der Waals surface area contributed by atoms with E-state index in [1.54, 1.807) is 6.07 Å². The van der Waals surface area contributed by atoms with Gasteiger partial charge in [-0.2, -0.15) is 0 Å². The molecule has 1 aromatic rings. The van der Waals surface area contributed by atoms with Gasteiger partial charge < -0.3 is 5.11 Å². The zero-order valence-corrected chi connectivity index (χ0v) is 9.22. The Hall–Kier alpha value is -0.240. The largest absolute Gasteiger partial charge is 0.388 e. The van der Waals surface area contributed by atoms with Gasteiger partial charge in [0.2, 0.25) is 0 Å². The van der Waals surface area contributed by atoms with Crippen molar-refractivity contribution in [2.24, 2.45) is 5.92 Å². The van der Waals surface area contributed by atoms with Gasteiger partial charge >= 0.3 is 0 Å². The fourth-order valence-electron chi connectivity index (χ4n) is 1.76. The highest BCUT2D eigenvalue weighted by Crippen LogP contribution is 2.41. The van der Waals surface area contributed by atoms with Crippen molar-refractivity contribution in [3.05, 3.63) is 33.8 Å². The van der Waals surface area contributed by atoms with Crippen LogP contribution in [-0.2, 0) is 0 Å². The standard InChI is InChI=1S/C11H12Cl2O/c12-9-6-2-5-8(10(9)13)11(14)7-3-1-4-7/h2,5-7,11,14H,1,3-4H2. The van der Waals surface area contributed by atoms with Gasteiger partial charge in [0.25, 0.3) is 0 Å². The summed E-state index contributed by atoms with van der Waals surface area (Å²) in [6, 6.07) is 5.41. The number of aliphatic hydroxyl groups excluding tert-OH is 1. The molecule has 1 aromatic carbocycles. The quantitative estimate of drug-likeness (QED) is 0.820. The van der Waals surface area contributed by atoms with Crippen LogP contribution in [0.2, 0.25) is 10.0 Å². The predicted octanol–water partition coefficient (Wildman–Crippen LogP) is 3.83. The van der Waals surface area contributed by atoms with Crippen LogP contribution in [0.5, 0.6) is 0 Å². The lowest BCUT2D eigenvalue weighted by molar-refractivity contribution is 0.0622. The monoisotopic (exact) mass is 230 g/mol. The predicted molar refractivity (Wildman–Crippen MR) is 58.8 cm³/mol. The first-order valence-electron chi connectivity index (χ1n) is 4.82. The molecule has 1 aliphatic carbocycles. The summed E-state index contributed by atoms with van der Waals surface area (Å²) in [5.74, 6) is 0.367. The zero-order chi connectivity index (χ0) is 10.1. The average molecular weight is 231 g/mol. The van der Waals surface area contributed by atoms with Gasteiger partial charge in [0.15, 0.2) is 0 Å². The molecule has 3 heteroatoms. The van der Waals surface area contributed by atoms with Crippen molar-refractivity contribution in [1.82, 2.24) is 0 Å². The summed E-state index contributed by atoms with van der Waals surface area (Å²) >= 11 is 11.9.